The molecule has 0 saturated carbocycles. The fraction of sp³-hybridized carbons (Fsp3) is 0.750. The van der Waals surface area contributed by atoms with E-state index in [2.05, 4.69) is 20.4 Å². The Balaban J connectivity index is 0. The van der Waals surface area contributed by atoms with Gasteiger partial charge >= 0.3 is 0 Å². The van der Waals surface area contributed by atoms with E-state index in [9.17, 15) is 0 Å². The zero-order valence-electron chi connectivity index (χ0n) is 5.33. The van der Waals surface area contributed by atoms with Crippen LogP contribution in [0.1, 0.15) is 40.5 Å². The van der Waals surface area contributed by atoms with E-state index >= 15 is 0 Å². The Labute approximate surface area is 53.6 Å². The fourth-order valence-electron chi connectivity index (χ4n) is 0.530. The van der Waals surface area contributed by atoms with Crippen molar-refractivity contribution in [3.8, 4) is 0 Å². The first-order valence-corrected chi connectivity index (χ1v) is 2.97. The summed E-state index contributed by atoms with van der Waals surface area (Å²) >= 11 is 0. The summed E-state index contributed by atoms with van der Waals surface area (Å²) in [6, 6.07) is 0. The van der Waals surface area contributed by atoms with Crippen molar-refractivity contribution in [3.63, 3.8) is 0 Å². The van der Waals surface area contributed by atoms with E-state index in [1.54, 1.807) is 0 Å². The maximum atomic E-state index is 3.86. The first-order valence-electron chi connectivity index (χ1n) is 2.97. The van der Waals surface area contributed by atoms with Gasteiger partial charge in [0.2, 0.25) is 0 Å². The lowest BCUT2D eigenvalue weighted by molar-refractivity contribution is 0.863. The largest absolute Gasteiger partial charge is 0.0999 e. The Hall–Kier alpha value is -0.260. The highest BCUT2D eigenvalue weighted by atomic mass is 13.9. The molecule has 0 N–H and O–H groups in total. The lowest BCUT2D eigenvalue weighted by Crippen LogP contribution is -1.73. The van der Waals surface area contributed by atoms with Gasteiger partial charge in [-0.2, -0.15) is 0 Å². The second-order valence-corrected chi connectivity index (χ2v) is 1.85. The van der Waals surface area contributed by atoms with E-state index < -0.39 is 0 Å². The smallest absolute Gasteiger partial charge is 0.0326 e. The second-order valence-electron chi connectivity index (χ2n) is 1.85. The molecular weight excluding hydrogens is 96.1 g/mol. The highest BCUT2D eigenvalue weighted by Gasteiger charge is 1.83. The summed E-state index contributed by atoms with van der Waals surface area (Å²) in [5.41, 5.74) is 1.38. The zero-order chi connectivity index (χ0) is 5.70. The topological polar surface area (TPSA) is 0 Å². The van der Waals surface area contributed by atoms with Gasteiger partial charge in [0, 0.05) is 0 Å². The Morgan fingerprint density at radius 2 is 1.88 bits per heavy atom. The minimum Gasteiger partial charge on any atom is -0.0999 e. The van der Waals surface area contributed by atoms with Crippen molar-refractivity contribution in [2.75, 3.05) is 0 Å². The first kappa shape index (κ1) is 10.7. The van der Waals surface area contributed by atoms with Crippen LogP contribution in [0.3, 0.4) is 0 Å². The summed E-state index contributed by atoms with van der Waals surface area (Å²) in [5, 5.41) is 0. The molecule has 0 bridgehead atoms. The molecule has 0 aromatic rings. The summed E-state index contributed by atoms with van der Waals surface area (Å²) < 4.78 is 0. The average Bonchev–Trinajstić information content (AvgIpc) is 1.68. The summed E-state index contributed by atoms with van der Waals surface area (Å²) in [5.74, 6) is 0. The normalized spacial score (nSPS) is 7.75. The van der Waals surface area contributed by atoms with Crippen LogP contribution in [-0.2, 0) is 0 Å². The second kappa shape index (κ2) is 6.74. The van der Waals surface area contributed by atoms with Crippen molar-refractivity contribution in [3.05, 3.63) is 12.2 Å². The minimum atomic E-state index is 0. The van der Waals surface area contributed by atoms with Crippen LogP contribution in [0.4, 0.5) is 0 Å². The van der Waals surface area contributed by atoms with Gasteiger partial charge in [-0.15, -0.1) is 0 Å². The van der Waals surface area contributed by atoms with E-state index in [1.165, 1.54) is 18.4 Å². The van der Waals surface area contributed by atoms with Gasteiger partial charge in [0.15, 0.2) is 0 Å². The van der Waals surface area contributed by atoms with Crippen LogP contribution in [-0.4, -0.2) is 0 Å². The third kappa shape index (κ3) is 5.74. The number of rotatable bonds is 3. The molecule has 0 unspecified atom stereocenters. The summed E-state index contributed by atoms with van der Waals surface area (Å²) in [6.07, 6.45) is 3.59. The highest BCUT2D eigenvalue weighted by Crippen LogP contribution is 2.03. The molecule has 0 radical (unpaired) electrons. The third-order valence-corrected chi connectivity index (χ3v) is 1.10. The zero-order valence-corrected chi connectivity index (χ0v) is 5.33. The van der Waals surface area contributed by atoms with E-state index in [4.69, 9.17) is 0 Å². The number of hydrogen-bond donors (Lipinski definition) is 0. The Bertz CT molecular complexity index is 53.1. The van der Waals surface area contributed by atoms with Gasteiger partial charge in [-0.05, 0) is 12.8 Å². The molecule has 0 saturated heterocycles. The summed E-state index contributed by atoms with van der Waals surface area (Å²) in [7, 11) is 0. The standard InChI is InChI=1S/C7H14.CH4/c1-4-6-7(3)5-2;/h3-6H2,1-2H3;1H4. The van der Waals surface area contributed by atoms with Crippen LogP contribution >= 0.6 is 0 Å². The van der Waals surface area contributed by atoms with Gasteiger partial charge < -0.3 is 0 Å². The van der Waals surface area contributed by atoms with Crippen molar-refractivity contribution >= 4 is 0 Å². The molecule has 0 heteroatoms. The molecule has 50 valence electrons. The van der Waals surface area contributed by atoms with Gasteiger partial charge in [-0.3, -0.25) is 0 Å². The van der Waals surface area contributed by atoms with Gasteiger partial charge in [0.25, 0.3) is 0 Å². The first-order chi connectivity index (χ1) is 3.31. The Kier molecular flexibility index (Phi) is 8.99. The van der Waals surface area contributed by atoms with Gasteiger partial charge in [0.1, 0.15) is 0 Å². The molecule has 0 rings (SSSR count). The average molecular weight is 114 g/mol. The molecule has 0 heterocycles. The molecular formula is C8H18. The molecule has 0 amide bonds. The SMILES string of the molecule is C.C=C(CC)CCC. The molecule has 8 heavy (non-hydrogen) atoms. The number of hydrogen-bond acceptors (Lipinski definition) is 0. The van der Waals surface area contributed by atoms with Crippen LogP contribution in [0.15, 0.2) is 12.2 Å². The maximum Gasteiger partial charge on any atom is -0.0326 e. The molecule has 0 spiro atoms. The molecule has 0 aliphatic heterocycles. The molecule has 0 aromatic carbocycles. The molecule has 0 aromatic heterocycles. The predicted octanol–water partition coefficient (Wildman–Crippen LogP) is 3.39. The monoisotopic (exact) mass is 114 g/mol. The van der Waals surface area contributed by atoms with Crippen molar-refractivity contribution in [2.45, 2.75) is 40.5 Å². The van der Waals surface area contributed by atoms with Crippen molar-refractivity contribution < 1.29 is 0 Å². The van der Waals surface area contributed by atoms with Gasteiger partial charge in [-0.1, -0.05) is 39.8 Å². The Morgan fingerprint density at radius 3 is 2.00 bits per heavy atom. The molecule has 0 aliphatic rings. The van der Waals surface area contributed by atoms with Crippen molar-refractivity contribution in [1.29, 1.82) is 0 Å². The lowest BCUT2D eigenvalue weighted by Gasteiger charge is -1.94. The fourth-order valence-corrected chi connectivity index (χ4v) is 0.530. The van der Waals surface area contributed by atoms with E-state index in [1.807, 2.05) is 0 Å². The molecule has 0 aliphatic carbocycles. The summed E-state index contributed by atoms with van der Waals surface area (Å²) in [6.45, 7) is 8.20. The lowest BCUT2D eigenvalue weighted by atomic mass is 10.1. The van der Waals surface area contributed by atoms with Crippen LogP contribution < -0.4 is 0 Å². The molecule has 0 fully saturated rings. The predicted molar refractivity (Wildman–Crippen MR) is 41.1 cm³/mol. The van der Waals surface area contributed by atoms with Crippen LogP contribution in [0.5, 0.6) is 0 Å². The molecule has 0 nitrogen and oxygen atoms in total. The third-order valence-electron chi connectivity index (χ3n) is 1.10. The highest BCUT2D eigenvalue weighted by molar-refractivity contribution is 4.91. The van der Waals surface area contributed by atoms with E-state index in [-0.39, 0.29) is 7.43 Å². The number of allylic oxidation sites excluding steroid dienone is 1. The van der Waals surface area contributed by atoms with Crippen LogP contribution in [0.2, 0.25) is 0 Å². The molecule has 0 atom stereocenters. The van der Waals surface area contributed by atoms with Gasteiger partial charge in [0.05, 0.1) is 0 Å². The maximum absolute atomic E-state index is 3.86. The van der Waals surface area contributed by atoms with Crippen LogP contribution in [0.25, 0.3) is 0 Å². The van der Waals surface area contributed by atoms with Crippen molar-refractivity contribution in [1.82, 2.24) is 0 Å². The van der Waals surface area contributed by atoms with Gasteiger partial charge in [-0.25, -0.2) is 0 Å². The van der Waals surface area contributed by atoms with E-state index in [0.717, 1.165) is 6.42 Å². The van der Waals surface area contributed by atoms with Crippen LogP contribution in [0, 0.1) is 0 Å². The quantitative estimate of drug-likeness (QED) is 0.493. The Morgan fingerprint density at radius 1 is 1.38 bits per heavy atom. The van der Waals surface area contributed by atoms with E-state index in [0.29, 0.717) is 0 Å². The van der Waals surface area contributed by atoms with Crippen molar-refractivity contribution in [2.24, 2.45) is 0 Å². The summed E-state index contributed by atoms with van der Waals surface area (Å²) in [4.78, 5) is 0. The minimum absolute atomic E-state index is 0.